The Morgan fingerprint density at radius 3 is 2.64 bits per heavy atom. The lowest BCUT2D eigenvalue weighted by atomic mass is 10.5. The molecule has 6 nitrogen and oxygen atoms in total. The van der Waals surface area contributed by atoms with E-state index in [2.05, 4.69) is 29.8 Å². The zero-order valence-electron chi connectivity index (χ0n) is 5.38. The van der Waals surface area contributed by atoms with Gasteiger partial charge in [0.1, 0.15) is 12.7 Å². The molecule has 0 aliphatic carbocycles. The number of hydrogen-bond donors (Lipinski definition) is 0. The predicted octanol–water partition coefficient (Wildman–Crippen LogP) is -0.0784. The maximum absolute atomic E-state index is 4.51. The van der Waals surface area contributed by atoms with Crippen LogP contribution < -0.4 is 0 Å². The maximum atomic E-state index is 4.51. The minimum absolute atomic E-state index is 0.459. The summed E-state index contributed by atoms with van der Waals surface area (Å²) in [5, 5.41) is 6.89. The van der Waals surface area contributed by atoms with Gasteiger partial charge in [-0.2, -0.15) is 0 Å². The molecule has 11 heavy (non-hydrogen) atoms. The Bertz CT molecular complexity index is 318. The predicted molar refractivity (Wildman–Crippen MR) is 33.1 cm³/mol. The molecule has 6 heteroatoms. The quantitative estimate of drug-likeness (QED) is 0.564. The van der Waals surface area contributed by atoms with E-state index in [9.17, 15) is 0 Å². The van der Waals surface area contributed by atoms with E-state index in [0.717, 1.165) is 0 Å². The van der Waals surface area contributed by atoms with E-state index in [-0.39, 0.29) is 0 Å². The first-order valence-corrected chi connectivity index (χ1v) is 2.86. The highest BCUT2D eigenvalue weighted by molar-refractivity contribution is 5.43. The molecule has 0 radical (unpaired) electrons. The van der Waals surface area contributed by atoms with E-state index in [1.54, 1.807) is 0 Å². The van der Waals surface area contributed by atoms with E-state index in [0.29, 0.717) is 11.5 Å². The molecule has 0 saturated carbocycles. The van der Waals surface area contributed by atoms with Gasteiger partial charge < -0.3 is 4.52 Å². The monoisotopic (exact) mass is 149 g/mol. The number of aromatic nitrogens is 5. The van der Waals surface area contributed by atoms with Gasteiger partial charge in [0, 0.05) is 5.27 Å². The minimum atomic E-state index is 0.459. The van der Waals surface area contributed by atoms with Crippen LogP contribution in [0, 0.1) is 0 Å². The van der Waals surface area contributed by atoms with Gasteiger partial charge in [0.25, 0.3) is 0 Å². The lowest BCUT2D eigenvalue weighted by Gasteiger charge is -1.87. The van der Waals surface area contributed by atoms with Crippen LogP contribution in [0.5, 0.6) is 0 Å². The van der Waals surface area contributed by atoms with Crippen molar-refractivity contribution in [2.45, 2.75) is 0 Å². The second-order valence-corrected chi connectivity index (χ2v) is 1.75. The van der Waals surface area contributed by atoms with Crippen LogP contribution in [0.4, 0.5) is 0 Å². The highest BCUT2D eigenvalue weighted by Crippen LogP contribution is 2.06. The van der Waals surface area contributed by atoms with Crippen molar-refractivity contribution in [1.82, 2.24) is 25.3 Å². The summed E-state index contributed by atoms with van der Waals surface area (Å²) in [5.41, 5.74) is 0.507. The van der Waals surface area contributed by atoms with Crippen molar-refractivity contribution in [3.63, 3.8) is 0 Å². The first-order chi connectivity index (χ1) is 5.47. The summed E-state index contributed by atoms with van der Waals surface area (Å²) in [6.45, 7) is 0. The lowest BCUT2D eigenvalue weighted by molar-refractivity contribution is 0.393. The van der Waals surface area contributed by atoms with Crippen molar-refractivity contribution in [1.29, 1.82) is 0 Å². The van der Waals surface area contributed by atoms with Gasteiger partial charge >= 0.3 is 0 Å². The van der Waals surface area contributed by atoms with Crippen LogP contribution in [0.1, 0.15) is 0 Å². The van der Waals surface area contributed by atoms with Gasteiger partial charge in [-0.25, -0.2) is 15.0 Å². The van der Waals surface area contributed by atoms with Crippen molar-refractivity contribution >= 4 is 0 Å². The third-order valence-corrected chi connectivity index (χ3v) is 1.08. The second kappa shape index (κ2) is 2.41. The molecule has 0 spiro atoms. The van der Waals surface area contributed by atoms with Crippen LogP contribution in [0.3, 0.4) is 0 Å². The van der Waals surface area contributed by atoms with Gasteiger partial charge in [0.2, 0.25) is 0 Å². The molecule has 2 rings (SSSR count). The molecule has 0 aliphatic rings. The van der Waals surface area contributed by atoms with Gasteiger partial charge in [0.05, 0.1) is 0 Å². The summed E-state index contributed by atoms with van der Waals surface area (Å²) in [6, 6.07) is 0. The molecular formula is C5H3N5O. The van der Waals surface area contributed by atoms with Gasteiger partial charge in [-0.1, -0.05) is 0 Å². The molecule has 0 unspecified atom stereocenters. The second-order valence-electron chi connectivity index (χ2n) is 1.75. The van der Waals surface area contributed by atoms with Crippen LogP contribution >= 0.6 is 0 Å². The minimum Gasteiger partial charge on any atom is -0.345 e. The molecule has 0 aliphatic heterocycles. The molecule has 0 amide bonds. The average Bonchev–Trinajstić information content (AvgIpc) is 2.58. The van der Waals surface area contributed by atoms with Crippen molar-refractivity contribution in [2.24, 2.45) is 0 Å². The summed E-state index contributed by atoms with van der Waals surface area (Å²) in [7, 11) is 0. The zero-order valence-corrected chi connectivity index (χ0v) is 5.38. The van der Waals surface area contributed by atoms with Crippen LogP contribution in [0.2, 0.25) is 0 Å². The van der Waals surface area contributed by atoms with Gasteiger partial charge in [0.15, 0.2) is 17.8 Å². The Hall–Kier alpha value is -1.85. The summed E-state index contributed by atoms with van der Waals surface area (Å²) >= 11 is 0. The number of nitrogens with zero attached hydrogens (tertiary/aromatic N) is 5. The standard InChI is InChI=1S/C5H3N5O/c1-4(9-10-11-1)5-7-2-6-3-8-5/h1-3H. The van der Waals surface area contributed by atoms with Crippen LogP contribution in [-0.2, 0) is 0 Å². The van der Waals surface area contributed by atoms with E-state index in [1.165, 1.54) is 18.9 Å². The number of rotatable bonds is 1. The first kappa shape index (κ1) is 5.90. The van der Waals surface area contributed by atoms with Crippen LogP contribution in [0.25, 0.3) is 11.5 Å². The fourth-order valence-electron chi connectivity index (χ4n) is 0.634. The molecule has 2 heterocycles. The normalized spacial score (nSPS) is 9.82. The SMILES string of the molecule is c1ncnc(-c2conn2)n1. The van der Waals surface area contributed by atoms with E-state index >= 15 is 0 Å². The first-order valence-electron chi connectivity index (χ1n) is 2.86. The Morgan fingerprint density at radius 1 is 1.18 bits per heavy atom. The fourth-order valence-corrected chi connectivity index (χ4v) is 0.634. The molecule has 0 saturated heterocycles. The van der Waals surface area contributed by atoms with Gasteiger partial charge in [-0.3, -0.25) is 0 Å². The molecule has 0 bridgehead atoms. The summed E-state index contributed by atoms with van der Waals surface area (Å²) in [5.74, 6) is 0.459. The summed E-state index contributed by atoms with van der Waals surface area (Å²) in [6.07, 6.45) is 4.14. The fraction of sp³-hybridized carbons (Fsp3) is 0. The molecule has 54 valence electrons. The van der Waals surface area contributed by atoms with E-state index in [1.807, 2.05) is 0 Å². The molecule has 2 aromatic rings. The van der Waals surface area contributed by atoms with E-state index < -0.39 is 0 Å². The highest BCUT2D eigenvalue weighted by Gasteiger charge is 2.02. The van der Waals surface area contributed by atoms with Crippen LogP contribution in [0.15, 0.2) is 23.4 Å². The topological polar surface area (TPSA) is 77.6 Å². The van der Waals surface area contributed by atoms with Gasteiger partial charge in [-0.15, -0.1) is 5.10 Å². The van der Waals surface area contributed by atoms with Crippen molar-refractivity contribution in [3.8, 4) is 11.5 Å². The largest absolute Gasteiger partial charge is 0.345 e. The zero-order chi connectivity index (χ0) is 7.52. The van der Waals surface area contributed by atoms with E-state index in [4.69, 9.17) is 0 Å². The number of hydrogen-bond acceptors (Lipinski definition) is 6. The lowest BCUT2D eigenvalue weighted by Crippen LogP contribution is -1.88. The molecule has 0 fully saturated rings. The molecule has 0 aromatic carbocycles. The van der Waals surface area contributed by atoms with Crippen molar-refractivity contribution < 1.29 is 4.52 Å². The Morgan fingerprint density at radius 2 is 2.00 bits per heavy atom. The molecular weight excluding hydrogens is 146 g/mol. The van der Waals surface area contributed by atoms with Crippen molar-refractivity contribution in [2.75, 3.05) is 0 Å². The molecule has 0 atom stereocenters. The Balaban J connectivity index is 2.46. The Kier molecular flexibility index (Phi) is 1.29. The van der Waals surface area contributed by atoms with Crippen molar-refractivity contribution in [3.05, 3.63) is 18.9 Å². The maximum Gasteiger partial charge on any atom is 0.186 e. The molecule has 0 N–H and O–H groups in total. The Labute approximate surface area is 61.3 Å². The smallest absolute Gasteiger partial charge is 0.186 e. The third-order valence-electron chi connectivity index (χ3n) is 1.08. The van der Waals surface area contributed by atoms with Crippen LogP contribution in [-0.4, -0.2) is 25.3 Å². The van der Waals surface area contributed by atoms with Gasteiger partial charge in [-0.05, 0) is 0 Å². The molecule has 2 aromatic heterocycles. The highest BCUT2D eigenvalue weighted by atomic mass is 16.5. The summed E-state index contributed by atoms with van der Waals surface area (Å²) < 4.78 is 4.51. The summed E-state index contributed by atoms with van der Waals surface area (Å²) in [4.78, 5) is 11.3. The average molecular weight is 149 g/mol. The third kappa shape index (κ3) is 1.05.